The number of hydrogen-bond donors (Lipinski definition) is 0. The van der Waals surface area contributed by atoms with Crippen molar-refractivity contribution in [3.8, 4) is 5.75 Å². The number of oxazole rings is 1. The Hall–Kier alpha value is -2.24. The molecule has 0 aliphatic rings. The molecule has 23 heavy (non-hydrogen) atoms. The van der Waals surface area contributed by atoms with Gasteiger partial charge in [-0.3, -0.25) is 9.36 Å². The van der Waals surface area contributed by atoms with Crippen LogP contribution in [0.25, 0.3) is 11.1 Å². The van der Waals surface area contributed by atoms with Crippen molar-refractivity contribution in [2.75, 3.05) is 0 Å². The summed E-state index contributed by atoms with van der Waals surface area (Å²) in [7, 11) is 0. The molecular formula is C16H11Cl2NO4. The van der Waals surface area contributed by atoms with E-state index in [0.717, 1.165) is 0 Å². The van der Waals surface area contributed by atoms with E-state index in [1.807, 2.05) is 0 Å². The summed E-state index contributed by atoms with van der Waals surface area (Å²) in [6.45, 7) is 0.146. The summed E-state index contributed by atoms with van der Waals surface area (Å²) in [6.07, 6.45) is -0.00766. The van der Waals surface area contributed by atoms with E-state index < -0.39 is 11.7 Å². The largest absolute Gasteiger partial charge is 0.425 e. The Bertz CT molecular complexity index is 929. The summed E-state index contributed by atoms with van der Waals surface area (Å²) in [5.74, 6) is -0.847. The van der Waals surface area contributed by atoms with Crippen LogP contribution in [0.1, 0.15) is 6.42 Å². The van der Waals surface area contributed by atoms with Crippen LogP contribution in [0, 0.1) is 0 Å². The fourth-order valence-corrected chi connectivity index (χ4v) is 2.50. The van der Waals surface area contributed by atoms with Gasteiger partial charge in [-0.1, -0.05) is 41.4 Å². The van der Waals surface area contributed by atoms with Crippen LogP contribution in [0.3, 0.4) is 0 Å². The van der Waals surface area contributed by atoms with Crippen molar-refractivity contribution < 1.29 is 13.9 Å². The molecule has 0 fully saturated rings. The number of para-hydroxylation sites is 2. The van der Waals surface area contributed by atoms with Gasteiger partial charge in [-0.15, -0.1) is 0 Å². The van der Waals surface area contributed by atoms with Crippen molar-refractivity contribution in [3.63, 3.8) is 0 Å². The zero-order chi connectivity index (χ0) is 16.4. The van der Waals surface area contributed by atoms with E-state index in [1.54, 1.807) is 42.5 Å². The standard InChI is InChI=1S/C16H11Cl2NO4/c17-10-4-3-7-13(15(10)18)22-14(20)8-9-19-11-5-1-2-6-12(11)23-16(19)21/h1-7H,8-9H2. The van der Waals surface area contributed by atoms with Gasteiger partial charge >= 0.3 is 11.7 Å². The first-order valence-electron chi connectivity index (χ1n) is 6.79. The number of ether oxygens (including phenoxy) is 1. The number of halogens is 2. The highest BCUT2D eigenvalue weighted by Crippen LogP contribution is 2.31. The molecule has 1 aromatic heterocycles. The van der Waals surface area contributed by atoms with Crippen molar-refractivity contribution in [1.29, 1.82) is 0 Å². The first-order valence-corrected chi connectivity index (χ1v) is 7.55. The molecule has 1 heterocycles. The van der Waals surface area contributed by atoms with Crippen molar-refractivity contribution >= 4 is 40.3 Å². The summed E-state index contributed by atoms with van der Waals surface area (Å²) in [6, 6.07) is 11.8. The number of fused-ring (bicyclic) bond motifs is 1. The highest BCUT2D eigenvalue weighted by atomic mass is 35.5. The summed E-state index contributed by atoms with van der Waals surface area (Å²) < 4.78 is 11.7. The van der Waals surface area contributed by atoms with Crippen LogP contribution in [0.4, 0.5) is 0 Å². The second kappa shape index (κ2) is 6.48. The molecule has 0 N–H and O–H groups in total. The van der Waals surface area contributed by atoms with Crippen molar-refractivity contribution in [2.24, 2.45) is 0 Å². The molecule has 2 aromatic carbocycles. The van der Waals surface area contributed by atoms with Gasteiger partial charge in [-0.25, -0.2) is 4.79 Å². The highest BCUT2D eigenvalue weighted by Gasteiger charge is 2.13. The summed E-state index contributed by atoms with van der Waals surface area (Å²) >= 11 is 11.8. The molecule has 0 unspecified atom stereocenters. The van der Waals surface area contributed by atoms with Gasteiger partial charge in [0, 0.05) is 6.54 Å². The molecule has 0 atom stereocenters. The number of aryl methyl sites for hydroxylation is 1. The lowest BCUT2D eigenvalue weighted by atomic mass is 10.3. The Morgan fingerprint density at radius 1 is 1.13 bits per heavy atom. The minimum Gasteiger partial charge on any atom is -0.425 e. The topological polar surface area (TPSA) is 61.4 Å². The van der Waals surface area contributed by atoms with Crippen LogP contribution >= 0.6 is 23.2 Å². The molecule has 0 aliphatic heterocycles. The maximum absolute atomic E-state index is 11.9. The fraction of sp³-hybridized carbons (Fsp3) is 0.125. The van der Waals surface area contributed by atoms with E-state index in [0.29, 0.717) is 16.1 Å². The quantitative estimate of drug-likeness (QED) is 0.528. The molecule has 3 aromatic rings. The SMILES string of the molecule is O=C(CCn1c(=O)oc2ccccc21)Oc1cccc(Cl)c1Cl. The summed E-state index contributed by atoms with van der Waals surface area (Å²) in [5.41, 5.74) is 1.11. The molecule has 0 saturated carbocycles. The number of carbonyl (C=O) groups excluding carboxylic acids is 1. The van der Waals surface area contributed by atoms with Crippen LogP contribution in [0.5, 0.6) is 5.75 Å². The van der Waals surface area contributed by atoms with E-state index in [2.05, 4.69) is 0 Å². The smallest absolute Gasteiger partial charge is 0.419 e. The second-order valence-corrected chi connectivity index (χ2v) is 5.55. The van der Waals surface area contributed by atoms with Crippen molar-refractivity contribution in [2.45, 2.75) is 13.0 Å². The maximum atomic E-state index is 11.9. The van der Waals surface area contributed by atoms with Gasteiger partial charge in [0.05, 0.1) is 17.0 Å². The molecule has 0 amide bonds. The lowest BCUT2D eigenvalue weighted by Crippen LogP contribution is -2.18. The average Bonchev–Trinajstić information content (AvgIpc) is 2.85. The van der Waals surface area contributed by atoms with Gasteiger partial charge in [0.1, 0.15) is 5.02 Å². The first kappa shape index (κ1) is 15.6. The normalized spacial score (nSPS) is 10.9. The molecule has 0 bridgehead atoms. The van der Waals surface area contributed by atoms with Crippen LogP contribution in [-0.4, -0.2) is 10.5 Å². The van der Waals surface area contributed by atoms with E-state index >= 15 is 0 Å². The van der Waals surface area contributed by atoms with Crippen molar-refractivity contribution in [1.82, 2.24) is 4.57 Å². The lowest BCUT2D eigenvalue weighted by molar-refractivity contribution is -0.134. The number of carbonyl (C=O) groups is 1. The summed E-state index contributed by atoms with van der Waals surface area (Å²) in [5, 5.41) is 0.474. The lowest BCUT2D eigenvalue weighted by Gasteiger charge is -2.07. The third kappa shape index (κ3) is 3.25. The number of hydrogen-bond acceptors (Lipinski definition) is 4. The molecule has 118 valence electrons. The molecule has 0 radical (unpaired) electrons. The zero-order valence-corrected chi connectivity index (χ0v) is 13.3. The molecule has 5 nitrogen and oxygen atoms in total. The van der Waals surface area contributed by atoms with Crippen LogP contribution in [0.2, 0.25) is 10.0 Å². The first-order chi connectivity index (χ1) is 11.1. The molecule has 0 spiro atoms. The number of rotatable bonds is 4. The van der Waals surface area contributed by atoms with E-state index in [-0.39, 0.29) is 23.7 Å². The Kier molecular flexibility index (Phi) is 4.41. The average molecular weight is 352 g/mol. The Balaban J connectivity index is 1.72. The monoisotopic (exact) mass is 351 g/mol. The summed E-state index contributed by atoms with van der Waals surface area (Å²) in [4.78, 5) is 23.8. The van der Waals surface area contributed by atoms with Crippen LogP contribution in [0.15, 0.2) is 51.7 Å². The molecular weight excluding hydrogens is 341 g/mol. The van der Waals surface area contributed by atoms with Gasteiger partial charge in [-0.05, 0) is 24.3 Å². The third-order valence-corrected chi connectivity index (χ3v) is 4.05. The van der Waals surface area contributed by atoms with Crippen LogP contribution in [-0.2, 0) is 11.3 Å². The molecule has 3 rings (SSSR count). The number of nitrogens with zero attached hydrogens (tertiary/aromatic N) is 1. The van der Waals surface area contributed by atoms with Crippen LogP contribution < -0.4 is 10.5 Å². The van der Waals surface area contributed by atoms with Gasteiger partial charge in [0.2, 0.25) is 0 Å². The van der Waals surface area contributed by atoms with Crippen molar-refractivity contribution in [3.05, 3.63) is 63.1 Å². The predicted molar refractivity (Wildman–Crippen MR) is 87.2 cm³/mol. The molecule has 7 heteroatoms. The number of aromatic nitrogens is 1. The van der Waals surface area contributed by atoms with Gasteiger partial charge in [0.25, 0.3) is 0 Å². The highest BCUT2D eigenvalue weighted by molar-refractivity contribution is 6.43. The predicted octanol–water partition coefficient (Wildman–Crippen LogP) is 3.90. The Labute approximate surface area is 141 Å². The number of benzene rings is 2. The Morgan fingerprint density at radius 3 is 2.74 bits per heavy atom. The van der Waals surface area contributed by atoms with Gasteiger partial charge in [0.15, 0.2) is 11.3 Å². The minimum atomic E-state index is -0.522. The van der Waals surface area contributed by atoms with E-state index in [9.17, 15) is 9.59 Å². The maximum Gasteiger partial charge on any atom is 0.419 e. The second-order valence-electron chi connectivity index (χ2n) is 4.76. The Morgan fingerprint density at radius 2 is 1.91 bits per heavy atom. The number of esters is 1. The molecule has 0 saturated heterocycles. The van der Waals surface area contributed by atoms with E-state index in [4.69, 9.17) is 32.4 Å². The third-order valence-electron chi connectivity index (χ3n) is 3.25. The van der Waals surface area contributed by atoms with Gasteiger partial charge < -0.3 is 9.15 Å². The fourth-order valence-electron chi connectivity index (χ4n) is 2.17. The minimum absolute atomic E-state index is 0.00766. The van der Waals surface area contributed by atoms with Gasteiger partial charge in [-0.2, -0.15) is 0 Å². The zero-order valence-electron chi connectivity index (χ0n) is 11.8. The van der Waals surface area contributed by atoms with E-state index in [1.165, 1.54) is 4.57 Å². The molecule has 0 aliphatic carbocycles.